The number of aromatic nitrogens is 5. The van der Waals surface area contributed by atoms with Crippen LogP contribution in [0.2, 0.25) is 5.02 Å². The number of hydrogen-bond donors (Lipinski definition) is 1. The molecule has 0 atom stereocenters. The smallest absolute Gasteiger partial charge is 0.318 e. The summed E-state index contributed by atoms with van der Waals surface area (Å²) < 4.78 is 42.4. The van der Waals surface area contributed by atoms with E-state index < -0.39 is 17.8 Å². The quantitative estimate of drug-likeness (QED) is 0.418. The van der Waals surface area contributed by atoms with E-state index in [0.717, 1.165) is 11.6 Å². The summed E-state index contributed by atoms with van der Waals surface area (Å²) in [4.78, 5) is 16.7. The van der Waals surface area contributed by atoms with E-state index in [4.69, 9.17) is 11.6 Å². The Morgan fingerprint density at radius 3 is 2.65 bits per heavy atom. The van der Waals surface area contributed by atoms with Crippen molar-refractivity contribution in [1.29, 1.82) is 0 Å². The van der Waals surface area contributed by atoms with Crippen LogP contribution in [0.1, 0.15) is 27.4 Å². The van der Waals surface area contributed by atoms with Gasteiger partial charge in [-0.15, -0.1) is 0 Å². The first-order valence-corrected chi connectivity index (χ1v) is 10.0. The lowest BCUT2D eigenvalue weighted by Gasteiger charge is -2.09. The first kappa shape index (κ1) is 21.3. The molecule has 0 aliphatic heterocycles. The van der Waals surface area contributed by atoms with Crippen LogP contribution in [0.15, 0.2) is 47.2 Å². The van der Waals surface area contributed by atoms with Crippen LogP contribution in [-0.2, 0) is 12.7 Å². The molecule has 0 bridgehead atoms. The number of halogens is 5. The summed E-state index contributed by atoms with van der Waals surface area (Å²) >= 11 is 9.02. The number of rotatable bonds is 4. The van der Waals surface area contributed by atoms with Gasteiger partial charge in [0.2, 0.25) is 0 Å². The summed E-state index contributed by atoms with van der Waals surface area (Å²) in [6.45, 7) is 1.88. The van der Waals surface area contributed by atoms with E-state index in [1.807, 2.05) is 12.1 Å². The largest absolute Gasteiger partial charge is 0.433 e. The fourth-order valence-corrected chi connectivity index (χ4v) is 3.58. The van der Waals surface area contributed by atoms with Gasteiger partial charge in [-0.3, -0.25) is 9.48 Å². The Bertz CT molecular complexity index is 1280. The van der Waals surface area contributed by atoms with E-state index in [-0.39, 0.29) is 21.5 Å². The second-order valence-electron chi connectivity index (χ2n) is 6.69. The monoisotopic (exact) mass is 512 g/mol. The lowest BCUT2D eigenvalue weighted by atomic mass is 10.2. The van der Waals surface area contributed by atoms with Crippen molar-refractivity contribution in [1.82, 2.24) is 24.4 Å². The molecule has 4 aromatic rings. The van der Waals surface area contributed by atoms with Gasteiger partial charge in [0.15, 0.2) is 11.3 Å². The minimum absolute atomic E-state index is 0.0627. The molecule has 31 heavy (non-hydrogen) atoms. The molecule has 0 radical (unpaired) electrons. The lowest BCUT2D eigenvalue weighted by Crippen LogP contribution is -2.15. The fourth-order valence-electron chi connectivity index (χ4n) is 2.94. The van der Waals surface area contributed by atoms with Crippen LogP contribution < -0.4 is 5.32 Å². The fraction of sp³-hybridized carbons (Fsp3) is 0.158. The van der Waals surface area contributed by atoms with Gasteiger partial charge >= 0.3 is 6.18 Å². The summed E-state index contributed by atoms with van der Waals surface area (Å²) in [5.74, 6) is -0.700. The number of nitrogens with zero attached hydrogens (tertiary/aromatic N) is 5. The zero-order valence-electron chi connectivity index (χ0n) is 15.8. The summed E-state index contributed by atoms with van der Waals surface area (Å²) in [6.07, 6.45) is -1.63. The standard InChI is InChI=1S/C19H13BrClF3N6O/c1-10-6-14(19(22,23)24)30-17(26-10)15(20)16(28-30)18(31)27-13-7-25-29(9-13)8-11-2-4-12(21)5-3-11/h2-7,9H,8H2,1H3,(H,27,31). The van der Waals surface area contributed by atoms with Crippen molar-refractivity contribution in [3.63, 3.8) is 0 Å². The summed E-state index contributed by atoms with van der Waals surface area (Å²) in [5, 5.41) is 11.2. The van der Waals surface area contributed by atoms with E-state index in [9.17, 15) is 18.0 Å². The number of fused-ring (bicyclic) bond motifs is 1. The highest BCUT2D eigenvalue weighted by molar-refractivity contribution is 9.10. The molecule has 4 rings (SSSR count). The Morgan fingerprint density at radius 2 is 1.97 bits per heavy atom. The van der Waals surface area contributed by atoms with Crippen molar-refractivity contribution in [2.45, 2.75) is 19.6 Å². The van der Waals surface area contributed by atoms with Crippen LogP contribution in [0.4, 0.5) is 18.9 Å². The van der Waals surface area contributed by atoms with Crippen LogP contribution in [-0.4, -0.2) is 30.3 Å². The molecule has 1 N–H and O–H groups in total. The molecule has 1 aromatic carbocycles. The van der Waals surface area contributed by atoms with Gasteiger partial charge in [0.25, 0.3) is 5.91 Å². The molecule has 160 valence electrons. The number of carbonyl (C=O) groups excluding carboxylic acids is 1. The summed E-state index contributed by atoms with van der Waals surface area (Å²) in [6, 6.07) is 8.09. The highest BCUT2D eigenvalue weighted by Gasteiger charge is 2.36. The second-order valence-corrected chi connectivity index (χ2v) is 7.92. The molecule has 0 aliphatic carbocycles. The molecule has 0 spiro atoms. The van der Waals surface area contributed by atoms with E-state index in [1.54, 1.807) is 23.0 Å². The minimum Gasteiger partial charge on any atom is -0.318 e. The summed E-state index contributed by atoms with van der Waals surface area (Å²) in [5.41, 5.74) is 0.115. The average Bonchev–Trinajstić information content (AvgIpc) is 3.27. The number of carbonyl (C=O) groups is 1. The Morgan fingerprint density at radius 1 is 1.26 bits per heavy atom. The van der Waals surface area contributed by atoms with E-state index in [2.05, 4.69) is 36.4 Å². The molecule has 0 saturated heterocycles. The number of amides is 1. The molecular weight excluding hydrogens is 501 g/mol. The van der Waals surface area contributed by atoms with E-state index in [1.165, 1.54) is 13.1 Å². The molecule has 3 heterocycles. The molecule has 12 heteroatoms. The summed E-state index contributed by atoms with van der Waals surface area (Å²) in [7, 11) is 0. The second kappa shape index (κ2) is 7.97. The van der Waals surface area contributed by atoms with Crippen LogP contribution in [0.3, 0.4) is 0 Å². The third kappa shape index (κ3) is 4.42. The topological polar surface area (TPSA) is 77.1 Å². The van der Waals surface area contributed by atoms with Crippen LogP contribution >= 0.6 is 27.5 Å². The first-order chi connectivity index (χ1) is 14.6. The van der Waals surface area contributed by atoms with Crippen LogP contribution in [0, 0.1) is 6.92 Å². The van der Waals surface area contributed by atoms with Gasteiger partial charge in [-0.2, -0.15) is 23.4 Å². The molecule has 0 saturated carbocycles. The highest BCUT2D eigenvalue weighted by Crippen LogP contribution is 2.32. The van der Waals surface area contributed by atoms with Gasteiger partial charge in [0.05, 0.1) is 22.9 Å². The lowest BCUT2D eigenvalue weighted by molar-refractivity contribution is -0.142. The number of anilines is 1. The molecule has 0 aliphatic rings. The number of nitrogens with one attached hydrogen (secondary N) is 1. The Hall–Kier alpha value is -2.92. The number of alkyl halides is 3. The van der Waals surface area contributed by atoms with Gasteiger partial charge in [0.1, 0.15) is 5.69 Å². The predicted molar refractivity (Wildman–Crippen MR) is 111 cm³/mol. The van der Waals surface area contributed by atoms with Gasteiger partial charge < -0.3 is 5.32 Å². The zero-order valence-corrected chi connectivity index (χ0v) is 18.1. The normalized spacial score (nSPS) is 11.8. The van der Waals surface area contributed by atoms with Gasteiger partial charge in [0, 0.05) is 16.9 Å². The number of benzene rings is 1. The maximum absolute atomic E-state index is 13.4. The number of aryl methyl sites for hydroxylation is 1. The van der Waals surface area contributed by atoms with Crippen molar-refractivity contribution in [2.75, 3.05) is 5.32 Å². The van der Waals surface area contributed by atoms with Crippen LogP contribution in [0.25, 0.3) is 5.65 Å². The van der Waals surface area contributed by atoms with Crippen molar-refractivity contribution >= 4 is 44.8 Å². The third-order valence-electron chi connectivity index (χ3n) is 4.32. The molecule has 7 nitrogen and oxygen atoms in total. The average molecular weight is 514 g/mol. The van der Waals surface area contributed by atoms with Crippen LogP contribution in [0.5, 0.6) is 0 Å². The highest BCUT2D eigenvalue weighted by atomic mass is 79.9. The maximum Gasteiger partial charge on any atom is 0.433 e. The van der Waals surface area contributed by atoms with E-state index >= 15 is 0 Å². The molecule has 3 aromatic heterocycles. The molecule has 1 amide bonds. The van der Waals surface area contributed by atoms with Gasteiger partial charge in [-0.05, 0) is 46.6 Å². The first-order valence-electron chi connectivity index (χ1n) is 8.83. The Balaban J connectivity index is 1.58. The third-order valence-corrected chi connectivity index (χ3v) is 5.30. The van der Waals surface area contributed by atoms with E-state index in [0.29, 0.717) is 21.8 Å². The predicted octanol–water partition coefficient (Wildman–Crippen LogP) is 4.97. The molecular formula is C19H13BrClF3N6O. The molecule has 0 unspecified atom stereocenters. The van der Waals surface area contributed by atoms with Crippen molar-refractivity contribution in [2.24, 2.45) is 0 Å². The minimum atomic E-state index is -4.66. The zero-order chi connectivity index (χ0) is 22.3. The van der Waals surface area contributed by atoms with Crippen molar-refractivity contribution in [3.8, 4) is 0 Å². The molecule has 0 fully saturated rings. The Labute approximate surface area is 187 Å². The van der Waals surface area contributed by atoms with Crippen molar-refractivity contribution in [3.05, 3.63) is 74.9 Å². The Kier molecular flexibility index (Phi) is 5.48. The van der Waals surface area contributed by atoms with Crippen molar-refractivity contribution < 1.29 is 18.0 Å². The SMILES string of the molecule is Cc1cc(C(F)(F)F)n2nc(C(=O)Nc3cnn(Cc4ccc(Cl)cc4)c3)c(Br)c2n1. The number of hydrogen-bond acceptors (Lipinski definition) is 4. The van der Waals surface area contributed by atoms with Gasteiger partial charge in [-0.25, -0.2) is 9.50 Å². The maximum atomic E-state index is 13.4. The van der Waals surface area contributed by atoms with Gasteiger partial charge in [-0.1, -0.05) is 23.7 Å².